The molecule has 0 aromatic heterocycles. The van der Waals surface area contributed by atoms with Crippen LogP contribution in [0.1, 0.15) is 16.7 Å². The van der Waals surface area contributed by atoms with E-state index in [-0.39, 0.29) is 0 Å². The van der Waals surface area contributed by atoms with E-state index in [4.69, 9.17) is 9.47 Å². The van der Waals surface area contributed by atoms with Crippen LogP contribution >= 0.6 is 0 Å². The summed E-state index contributed by atoms with van der Waals surface area (Å²) in [7, 11) is 1.68. The average molecular weight is 242 g/mol. The van der Waals surface area contributed by atoms with Crippen molar-refractivity contribution in [1.82, 2.24) is 0 Å². The molecule has 0 aliphatic heterocycles. The second kappa shape index (κ2) is 5.58. The standard InChI is InChI=1S/C16H18O2/c1-12-8-9-15(13(2)10-12)18-11-14-6-4-5-7-16(14)17-3/h4-10H,11H2,1-3H3. The zero-order valence-electron chi connectivity index (χ0n) is 11.1. The van der Waals surface area contributed by atoms with Crippen molar-refractivity contribution in [3.8, 4) is 11.5 Å². The summed E-state index contributed by atoms with van der Waals surface area (Å²) in [6.45, 7) is 4.66. The van der Waals surface area contributed by atoms with Crippen LogP contribution in [-0.2, 0) is 6.61 Å². The molecule has 0 unspecified atom stereocenters. The summed E-state index contributed by atoms with van der Waals surface area (Å²) in [6.07, 6.45) is 0. The Morgan fingerprint density at radius 1 is 0.944 bits per heavy atom. The van der Waals surface area contributed by atoms with Gasteiger partial charge in [-0.05, 0) is 31.5 Å². The van der Waals surface area contributed by atoms with Crippen molar-refractivity contribution >= 4 is 0 Å². The summed E-state index contributed by atoms with van der Waals surface area (Å²) >= 11 is 0. The maximum atomic E-state index is 5.84. The van der Waals surface area contributed by atoms with Gasteiger partial charge in [-0.2, -0.15) is 0 Å². The minimum absolute atomic E-state index is 0.522. The minimum atomic E-state index is 0.522. The smallest absolute Gasteiger partial charge is 0.125 e. The Morgan fingerprint density at radius 3 is 2.44 bits per heavy atom. The summed E-state index contributed by atoms with van der Waals surface area (Å²) in [5.41, 5.74) is 3.46. The van der Waals surface area contributed by atoms with E-state index in [0.29, 0.717) is 6.61 Å². The number of aryl methyl sites for hydroxylation is 2. The molecule has 2 rings (SSSR count). The molecule has 0 bridgehead atoms. The molecule has 94 valence electrons. The Morgan fingerprint density at radius 2 is 1.72 bits per heavy atom. The van der Waals surface area contributed by atoms with Gasteiger partial charge in [0, 0.05) is 5.56 Å². The Balaban J connectivity index is 2.11. The molecule has 0 aliphatic carbocycles. The Bertz CT molecular complexity index is 532. The minimum Gasteiger partial charge on any atom is -0.496 e. The molecule has 2 heteroatoms. The van der Waals surface area contributed by atoms with Gasteiger partial charge in [0.2, 0.25) is 0 Å². The summed E-state index contributed by atoms with van der Waals surface area (Å²) in [5.74, 6) is 1.79. The zero-order valence-corrected chi connectivity index (χ0v) is 11.1. The maximum Gasteiger partial charge on any atom is 0.125 e. The van der Waals surface area contributed by atoms with Crippen molar-refractivity contribution in [2.75, 3.05) is 7.11 Å². The Kier molecular flexibility index (Phi) is 3.88. The Hall–Kier alpha value is -1.96. The molecule has 18 heavy (non-hydrogen) atoms. The largest absolute Gasteiger partial charge is 0.496 e. The molecule has 0 N–H and O–H groups in total. The zero-order chi connectivity index (χ0) is 13.0. The first-order valence-electron chi connectivity index (χ1n) is 6.02. The summed E-state index contributed by atoms with van der Waals surface area (Å²) in [6, 6.07) is 14.1. The van der Waals surface area contributed by atoms with Gasteiger partial charge in [0.05, 0.1) is 7.11 Å². The quantitative estimate of drug-likeness (QED) is 0.809. The van der Waals surface area contributed by atoms with E-state index in [1.165, 1.54) is 5.56 Å². The van der Waals surface area contributed by atoms with Crippen LogP contribution in [0.3, 0.4) is 0 Å². The molecular weight excluding hydrogens is 224 g/mol. The number of benzene rings is 2. The second-order valence-electron chi connectivity index (χ2n) is 4.37. The number of hydrogen-bond acceptors (Lipinski definition) is 2. The number of hydrogen-bond donors (Lipinski definition) is 0. The molecule has 0 radical (unpaired) electrons. The van der Waals surface area contributed by atoms with Gasteiger partial charge in [-0.15, -0.1) is 0 Å². The third kappa shape index (κ3) is 2.83. The van der Waals surface area contributed by atoms with E-state index >= 15 is 0 Å². The highest BCUT2D eigenvalue weighted by molar-refractivity contribution is 5.37. The molecular formula is C16H18O2. The highest BCUT2D eigenvalue weighted by Gasteiger charge is 2.04. The van der Waals surface area contributed by atoms with Gasteiger partial charge in [0.15, 0.2) is 0 Å². The van der Waals surface area contributed by atoms with E-state index < -0.39 is 0 Å². The van der Waals surface area contributed by atoms with Crippen molar-refractivity contribution < 1.29 is 9.47 Å². The third-order valence-corrected chi connectivity index (χ3v) is 2.91. The van der Waals surface area contributed by atoms with E-state index in [1.54, 1.807) is 7.11 Å². The van der Waals surface area contributed by atoms with Crippen LogP contribution in [0.25, 0.3) is 0 Å². The predicted molar refractivity (Wildman–Crippen MR) is 73.2 cm³/mol. The lowest BCUT2D eigenvalue weighted by molar-refractivity contribution is 0.295. The molecule has 0 saturated carbocycles. The van der Waals surface area contributed by atoms with E-state index in [9.17, 15) is 0 Å². The first-order valence-corrected chi connectivity index (χ1v) is 6.02. The molecule has 0 fully saturated rings. The van der Waals surface area contributed by atoms with Gasteiger partial charge < -0.3 is 9.47 Å². The lowest BCUT2D eigenvalue weighted by atomic mass is 10.1. The van der Waals surface area contributed by atoms with Gasteiger partial charge >= 0.3 is 0 Å². The molecule has 0 atom stereocenters. The first kappa shape index (κ1) is 12.5. The fourth-order valence-electron chi connectivity index (χ4n) is 1.94. The SMILES string of the molecule is COc1ccccc1COc1ccc(C)cc1C. The molecule has 0 spiro atoms. The van der Waals surface area contributed by atoms with Crippen molar-refractivity contribution in [3.05, 3.63) is 59.2 Å². The third-order valence-electron chi connectivity index (χ3n) is 2.91. The van der Waals surface area contributed by atoms with Crippen LogP contribution in [0.2, 0.25) is 0 Å². The molecule has 0 amide bonds. The number of ether oxygens (including phenoxy) is 2. The van der Waals surface area contributed by atoms with Crippen molar-refractivity contribution in [3.63, 3.8) is 0 Å². The topological polar surface area (TPSA) is 18.5 Å². The number of para-hydroxylation sites is 1. The van der Waals surface area contributed by atoms with Crippen molar-refractivity contribution in [1.29, 1.82) is 0 Å². The summed E-state index contributed by atoms with van der Waals surface area (Å²) < 4.78 is 11.1. The second-order valence-corrected chi connectivity index (χ2v) is 4.37. The molecule has 0 aliphatic rings. The fourth-order valence-corrected chi connectivity index (χ4v) is 1.94. The first-order chi connectivity index (χ1) is 8.70. The van der Waals surface area contributed by atoms with Crippen molar-refractivity contribution in [2.45, 2.75) is 20.5 Å². The summed E-state index contributed by atoms with van der Waals surface area (Å²) in [5, 5.41) is 0. The molecule has 2 nitrogen and oxygen atoms in total. The molecule has 0 saturated heterocycles. The fraction of sp³-hybridized carbons (Fsp3) is 0.250. The van der Waals surface area contributed by atoms with Crippen LogP contribution in [0.4, 0.5) is 0 Å². The maximum absolute atomic E-state index is 5.84. The molecule has 2 aromatic rings. The van der Waals surface area contributed by atoms with E-state index in [1.807, 2.05) is 30.3 Å². The summed E-state index contributed by atoms with van der Waals surface area (Å²) in [4.78, 5) is 0. The van der Waals surface area contributed by atoms with Gasteiger partial charge in [-0.3, -0.25) is 0 Å². The molecule has 2 aromatic carbocycles. The van der Waals surface area contributed by atoms with Gasteiger partial charge in [0.1, 0.15) is 18.1 Å². The van der Waals surface area contributed by atoms with Crippen LogP contribution < -0.4 is 9.47 Å². The van der Waals surface area contributed by atoms with Crippen LogP contribution in [0.15, 0.2) is 42.5 Å². The monoisotopic (exact) mass is 242 g/mol. The highest BCUT2D eigenvalue weighted by atomic mass is 16.5. The predicted octanol–water partition coefficient (Wildman–Crippen LogP) is 3.89. The average Bonchev–Trinajstić information content (AvgIpc) is 2.38. The number of rotatable bonds is 4. The van der Waals surface area contributed by atoms with Gasteiger partial charge in [0.25, 0.3) is 0 Å². The Labute approximate surface area is 108 Å². The van der Waals surface area contributed by atoms with Gasteiger partial charge in [-0.25, -0.2) is 0 Å². The van der Waals surface area contributed by atoms with Crippen LogP contribution in [-0.4, -0.2) is 7.11 Å². The van der Waals surface area contributed by atoms with Crippen LogP contribution in [0.5, 0.6) is 11.5 Å². The normalized spacial score (nSPS) is 10.2. The van der Waals surface area contributed by atoms with Crippen molar-refractivity contribution in [2.24, 2.45) is 0 Å². The highest BCUT2D eigenvalue weighted by Crippen LogP contribution is 2.23. The van der Waals surface area contributed by atoms with Crippen LogP contribution in [0, 0.1) is 13.8 Å². The van der Waals surface area contributed by atoms with Gasteiger partial charge in [-0.1, -0.05) is 35.9 Å². The van der Waals surface area contributed by atoms with E-state index in [0.717, 1.165) is 22.6 Å². The number of methoxy groups -OCH3 is 1. The van der Waals surface area contributed by atoms with E-state index in [2.05, 4.69) is 26.0 Å². The lowest BCUT2D eigenvalue weighted by Crippen LogP contribution is -1.99. The molecule has 0 heterocycles. The lowest BCUT2D eigenvalue weighted by Gasteiger charge is -2.12.